The molecule has 3 aromatic rings. The molecule has 1 aliphatic heterocycles. The van der Waals surface area contributed by atoms with Gasteiger partial charge in [-0.05, 0) is 48.1 Å². The average Bonchev–Trinajstić information content (AvgIpc) is 3.21. The van der Waals surface area contributed by atoms with E-state index in [1.54, 1.807) is 24.4 Å². The van der Waals surface area contributed by atoms with Crippen LogP contribution in [0.5, 0.6) is 0 Å². The van der Waals surface area contributed by atoms with Gasteiger partial charge in [-0.25, -0.2) is 4.98 Å². The lowest BCUT2D eigenvalue weighted by Gasteiger charge is -2.17. The van der Waals surface area contributed by atoms with Gasteiger partial charge in [0.05, 0.1) is 0 Å². The zero-order chi connectivity index (χ0) is 17.9. The lowest BCUT2D eigenvalue weighted by molar-refractivity contribution is 0.0946. The first kappa shape index (κ1) is 16.3. The number of aromatic amines is 1. The fraction of sp³-hybridized carbons (Fsp3) is 0.250. The van der Waals surface area contributed by atoms with E-state index in [0.29, 0.717) is 11.9 Å². The van der Waals surface area contributed by atoms with Crippen LogP contribution in [0.25, 0.3) is 10.8 Å². The van der Waals surface area contributed by atoms with Crippen LogP contribution in [0.4, 0.5) is 5.82 Å². The van der Waals surface area contributed by atoms with Crippen molar-refractivity contribution >= 4 is 22.5 Å². The third kappa shape index (κ3) is 3.31. The molecule has 6 nitrogen and oxygen atoms in total. The molecule has 3 heterocycles. The normalized spacial score (nSPS) is 13.9. The second-order valence-electron chi connectivity index (χ2n) is 6.50. The van der Waals surface area contributed by atoms with Crippen LogP contribution in [0.3, 0.4) is 0 Å². The van der Waals surface area contributed by atoms with Crippen molar-refractivity contribution in [2.24, 2.45) is 0 Å². The van der Waals surface area contributed by atoms with Crippen molar-refractivity contribution < 1.29 is 4.79 Å². The lowest BCUT2D eigenvalue weighted by Crippen LogP contribution is -2.26. The van der Waals surface area contributed by atoms with Gasteiger partial charge in [0.15, 0.2) is 0 Å². The van der Waals surface area contributed by atoms with Crippen molar-refractivity contribution in [2.45, 2.75) is 19.4 Å². The van der Waals surface area contributed by atoms with Crippen molar-refractivity contribution in [3.05, 3.63) is 70.3 Å². The van der Waals surface area contributed by atoms with Crippen LogP contribution in [0.2, 0.25) is 0 Å². The topological polar surface area (TPSA) is 78.1 Å². The number of carbonyl (C=O) groups excluding carboxylic acids is 1. The summed E-state index contributed by atoms with van der Waals surface area (Å²) < 4.78 is 0. The molecule has 0 unspecified atom stereocenters. The molecule has 0 radical (unpaired) electrons. The third-order valence-corrected chi connectivity index (χ3v) is 4.69. The van der Waals surface area contributed by atoms with E-state index in [1.165, 1.54) is 12.8 Å². The summed E-state index contributed by atoms with van der Waals surface area (Å²) in [6.45, 7) is 2.44. The summed E-state index contributed by atoms with van der Waals surface area (Å²) in [4.78, 5) is 33.9. The summed E-state index contributed by atoms with van der Waals surface area (Å²) in [7, 11) is 0. The van der Waals surface area contributed by atoms with E-state index in [0.717, 1.165) is 29.9 Å². The molecule has 26 heavy (non-hydrogen) atoms. The molecule has 1 amide bonds. The van der Waals surface area contributed by atoms with Gasteiger partial charge in [-0.1, -0.05) is 18.2 Å². The average molecular weight is 348 g/mol. The predicted octanol–water partition coefficient (Wildman–Crippen LogP) is 2.45. The highest BCUT2D eigenvalue weighted by atomic mass is 16.2. The summed E-state index contributed by atoms with van der Waals surface area (Å²) in [5.74, 6) is 0.653. The van der Waals surface area contributed by atoms with Gasteiger partial charge in [-0.3, -0.25) is 9.59 Å². The molecule has 1 aliphatic rings. The Morgan fingerprint density at radius 1 is 1.15 bits per heavy atom. The van der Waals surface area contributed by atoms with E-state index < -0.39 is 0 Å². The van der Waals surface area contributed by atoms with Gasteiger partial charge in [0, 0.05) is 31.2 Å². The molecule has 4 rings (SSSR count). The highest BCUT2D eigenvalue weighted by Crippen LogP contribution is 2.18. The molecular formula is C20H20N4O2. The predicted molar refractivity (Wildman–Crippen MR) is 101 cm³/mol. The number of fused-ring (bicyclic) bond motifs is 1. The molecule has 2 aromatic heterocycles. The molecular weight excluding hydrogens is 328 g/mol. The standard InChI is InChI=1S/C20H20N4O2/c25-19-16-6-2-1-5-15(16)12-17(23-19)20(26)22-13-14-7-8-21-18(11-14)24-9-3-4-10-24/h1-2,5-8,11-12H,3-4,9-10,13H2,(H,22,26)(H,23,25). The van der Waals surface area contributed by atoms with Crippen LogP contribution in [0.1, 0.15) is 28.9 Å². The number of hydrogen-bond donors (Lipinski definition) is 2. The summed E-state index contributed by atoms with van der Waals surface area (Å²) in [6.07, 6.45) is 4.16. The lowest BCUT2D eigenvalue weighted by atomic mass is 10.1. The number of H-pyrrole nitrogens is 1. The second-order valence-corrected chi connectivity index (χ2v) is 6.50. The SMILES string of the molecule is O=C(NCc1ccnc(N2CCCC2)c1)c1cc2ccccc2c(=O)[nH]1. The summed E-state index contributed by atoms with van der Waals surface area (Å²) in [5.41, 5.74) is 0.995. The second kappa shape index (κ2) is 7.00. The Morgan fingerprint density at radius 2 is 1.96 bits per heavy atom. The molecule has 132 valence electrons. The molecule has 0 bridgehead atoms. The Bertz CT molecular complexity index is 1010. The maximum atomic E-state index is 12.4. The minimum atomic E-state index is -0.299. The minimum absolute atomic E-state index is 0.256. The number of pyridine rings is 2. The zero-order valence-electron chi connectivity index (χ0n) is 14.4. The highest BCUT2D eigenvalue weighted by Gasteiger charge is 2.14. The maximum Gasteiger partial charge on any atom is 0.268 e. The molecule has 0 spiro atoms. The van der Waals surface area contributed by atoms with E-state index in [9.17, 15) is 9.59 Å². The smallest absolute Gasteiger partial charge is 0.268 e. The molecule has 0 atom stereocenters. The Balaban J connectivity index is 1.49. The van der Waals surface area contributed by atoms with Gasteiger partial charge in [-0.15, -0.1) is 0 Å². The largest absolute Gasteiger partial charge is 0.357 e. The molecule has 0 saturated carbocycles. The van der Waals surface area contributed by atoms with Gasteiger partial charge >= 0.3 is 0 Å². The molecule has 6 heteroatoms. The van der Waals surface area contributed by atoms with Crippen LogP contribution in [0, 0.1) is 0 Å². The third-order valence-electron chi connectivity index (χ3n) is 4.69. The van der Waals surface area contributed by atoms with Crippen LogP contribution in [-0.4, -0.2) is 29.0 Å². The van der Waals surface area contributed by atoms with E-state index in [2.05, 4.69) is 20.2 Å². The molecule has 1 aromatic carbocycles. The first-order chi connectivity index (χ1) is 12.7. The number of rotatable bonds is 4. The van der Waals surface area contributed by atoms with Gasteiger partial charge in [0.2, 0.25) is 0 Å². The summed E-state index contributed by atoms with van der Waals surface area (Å²) in [6, 6.07) is 12.8. The summed E-state index contributed by atoms with van der Waals surface area (Å²) >= 11 is 0. The van der Waals surface area contributed by atoms with Crippen molar-refractivity contribution in [1.29, 1.82) is 0 Å². The molecule has 2 N–H and O–H groups in total. The fourth-order valence-corrected chi connectivity index (χ4v) is 3.30. The number of carbonyl (C=O) groups is 1. The van der Waals surface area contributed by atoms with Crippen LogP contribution < -0.4 is 15.8 Å². The number of nitrogens with zero attached hydrogens (tertiary/aromatic N) is 2. The number of hydrogen-bond acceptors (Lipinski definition) is 4. The van der Waals surface area contributed by atoms with Gasteiger partial charge < -0.3 is 15.2 Å². The first-order valence-electron chi connectivity index (χ1n) is 8.81. The summed E-state index contributed by atoms with van der Waals surface area (Å²) in [5, 5.41) is 4.20. The van der Waals surface area contributed by atoms with Crippen molar-refractivity contribution in [2.75, 3.05) is 18.0 Å². The number of anilines is 1. The zero-order valence-corrected chi connectivity index (χ0v) is 14.4. The van der Waals surface area contributed by atoms with E-state index in [4.69, 9.17) is 0 Å². The van der Waals surface area contributed by atoms with Gasteiger partial charge in [0.1, 0.15) is 11.5 Å². The van der Waals surface area contributed by atoms with Crippen LogP contribution >= 0.6 is 0 Å². The van der Waals surface area contributed by atoms with E-state index in [1.807, 2.05) is 24.3 Å². The maximum absolute atomic E-state index is 12.4. The Hall–Kier alpha value is -3.15. The number of aromatic nitrogens is 2. The van der Waals surface area contributed by atoms with E-state index in [-0.39, 0.29) is 17.2 Å². The highest BCUT2D eigenvalue weighted by molar-refractivity contribution is 5.96. The number of nitrogens with one attached hydrogen (secondary N) is 2. The van der Waals surface area contributed by atoms with Crippen molar-refractivity contribution in [3.8, 4) is 0 Å². The molecule has 1 saturated heterocycles. The Kier molecular flexibility index (Phi) is 4.39. The first-order valence-corrected chi connectivity index (χ1v) is 8.81. The Labute approximate surface area is 150 Å². The number of benzene rings is 1. The fourth-order valence-electron chi connectivity index (χ4n) is 3.30. The quantitative estimate of drug-likeness (QED) is 0.759. The van der Waals surface area contributed by atoms with E-state index >= 15 is 0 Å². The molecule has 1 fully saturated rings. The Morgan fingerprint density at radius 3 is 2.81 bits per heavy atom. The van der Waals surface area contributed by atoms with Crippen molar-refractivity contribution in [3.63, 3.8) is 0 Å². The van der Waals surface area contributed by atoms with Gasteiger partial charge in [0.25, 0.3) is 11.5 Å². The number of amides is 1. The van der Waals surface area contributed by atoms with Crippen molar-refractivity contribution in [1.82, 2.24) is 15.3 Å². The van der Waals surface area contributed by atoms with Crippen LogP contribution in [-0.2, 0) is 6.54 Å². The monoisotopic (exact) mass is 348 g/mol. The minimum Gasteiger partial charge on any atom is -0.357 e. The van der Waals surface area contributed by atoms with Gasteiger partial charge in [-0.2, -0.15) is 0 Å². The van der Waals surface area contributed by atoms with Crippen LogP contribution in [0.15, 0.2) is 53.5 Å². The molecule has 0 aliphatic carbocycles.